The Morgan fingerprint density at radius 3 is 2.90 bits per heavy atom. The number of furan rings is 1. The normalized spacial score (nSPS) is 20.9. The average molecular weight is 279 g/mol. The van der Waals surface area contributed by atoms with Crippen LogP contribution in [0.15, 0.2) is 16.5 Å². The Morgan fingerprint density at radius 1 is 1.40 bits per heavy atom. The van der Waals surface area contributed by atoms with Crippen molar-refractivity contribution in [2.45, 2.75) is 51.4 Å². The molecule has 4 nitrogen and oxygen atoms in total. The van der Waals surface area contributed by atoms with Crippen LogP contribution in [0.2, 0.25) is 0 Å². The van der Waals surface area contributed by atoms with Crippen LogP contribution in [0.3, 0.4) is 0 Å². The Bertz CT molecular complexity index is 427. The van der Waals surface area contributed by atoms with Gasteiger partial charge in [-0.2, -0.15) is 0 Å². The van der Waals surface area contributed by atoms with Gasteiger partial charge >= 0.3 is 0 Å². The summed E-state index contributed by atoms with van der Waals surface area (Å²) in [6.45, 7) is 3.16. The molecule has 1 amide bonds. The van der Waals surface area contributed by atoms with Crippen LogP contribution < -0.4 is 5.32 Å². The number of unbranched alkanes of at least 4 members (excludes halogenated alkanes) is 2. The molecule has 0 aliphatic heterocycles. The molecule has 0 saturated heterocycles. The third-order valence-corrected chi connectivity index (χ3v) is 3.91. The molecule has 112 valence electrons. The fourth-order valence-corrected chi connectivity index (χ4v) is 2.41. The smallest absolute Gasteiger partial charge is 0.220 e. The standard InChI is InChI=1S/C16H25NO3/c1-12-11-14(12)15-7-5-13(20-15)6-8-16(19)17-9-3-2-4-10-18/h5,7,12,14,18H,2-4,6,8-11H2,1H3,(H,17,19). The number of carbonyl (C=O) groups is 1. The van der Waals surface area contributed by atoms with Crippen molar-refractivity contribution in [1.29, 1.82) is 0 Å². The van der Waals surface area contributed by atoms with E-state index in [2.05, 4.69) is 18.3 Å². The van der Waals surface area contributed by atoms with Gasteiger partial charge in [0, 0.05) is 31.9 Å². The van der Waals surface area contributed by atoms with Gasteiger partial charge in [-0.05, 0) is 43.7 Å². The lowest BCUT2D eigenvalue weighted by molar-refractivity contribution is -0.121. The average Bonchev–Trinajstić information content (AvgIpc) is 2.99. The summed E-state index contributed by atoms with van der Waals surface area (Å²) in [6, 6.07) is 4.05. The summed E-state index contributed by atoms with van der Waals surface area (Å²) >= 11 is 0. The molecule has 1 aromatic heterocycles. The Balaban J connectivity index is 1.59. The maximum absolute atomic E-state index is 11.7. The van der Waals surface area contributed by atoms with Gasteiger partial charge in [-0.3, -0.25) is 4.79 Å². The molecule has 1 saturated carbocycles. The lowest BCUT2D eigenvalue weighted by atomic mass is 10.2. The predicted octanol–water partition coefficient (Wildman–Crippen LogP) is 2.61. The van der Waals surface area contributed by atoms with Crippen LogP contribution in [-0.4, -0.2) is 24.2 Å². The van der Waals surface area contributed by atoms with E-state index in [9.17, 15) is 4.79 Å². The molecule has 1 aliphatic carbocycles. The van der Waals surface area contributed by atoms with Crippen molar-refractivity contribution in [3.8, 4) is 0 Å². The van der Waals surface area contributed by atoms with Crippen molar-refractivity contribution in [3.63, 3.8) is 0 Å². The maximum atomic E-state index is 11.7. The summed E-state index contributed by atoms with van der Waals surface area (Å²) in [5.41, 5.74) is 0. The van der Waals surface area contributed by atoms with Crippen molar-refractivity contribution in [1.82, 2.24) is 5.32 Å². The second-order valence-electron chi connectivity index (χ2n) is 5.76. The summed E-state index contributed by atoms with van der Waals surface area (Å²) in [5, 5.41) is 11.5. The molecular formula is C16H25NO3. The minimum atomic E-state index is 0.0757. The van der Waals surface area contributed by atoms with Crippen molar-refractivity contribution in [3.05, 3.63) is 23.7 Å². The van der Waals surface area contributed by atoms with E-state index in [-0.39, 0.29) is 12.5 Å². The first-order chi connectivity index (χ1) is 9.70. The zero-order chi connectivity index (χ0) is 14.4. The van der Waals surface area contributed by atoms with Gasteiger partial charge in [-0.15, -0.1) is 0 Å². The number of aliphatic hydroxyl groups is 1. The number of hydrogen-bond donors (Lipinski definition) is 2. The fraction of sp³-hybridized carbons (Fsp3) is 0.688. The lowest BCUT2D eigenvalue weighted by Crippen LogP contribution is -2.24. The van der Waals surface area contributed by atoms with Crippen LogP contribution in [0.1, 0.15) is 56.5 Å². The molecule has 0 bridgehead atoms. The minimum Gasteiger partial charge on any atom is -0.466 e. The van der Waals surface area contributed by atoms with E-state index in [1.807, 2.05) is 6.07 Å². The van der Waals surface area contributed by atoms with Crippen molar-refractivity contribution in [2.75, 3.05) is 13.2 Å². The van der Waals surface area contributed by atoms with E-state index in [1.54, 1.807) is 0 Å². The first-order valence-corrected chi connectivity index (χ1v) is 7.67. The van der Waals surface area contributed by atoms with Crippen LogP contribution in [0.5, 0.6) is 0 Å². The molecule has 1 aliphatic rings. The second kappa shape index (κ2) is 7.48. The molecule has 2 N–H and O–H groups in total. The summed E-state index contributed by atoms with van der Waals surface area (Å²) in [6.07, 6.45) is 5.07. The molecule has 0 radical (unpaired) electrons. The summed E-state index contributed by atoms with van der Waals surface area (Å²) in [5.74, 6) is 3.42. The molecule has 4 heteroatoms. The van der Waals surface area contributed by atoms with Crippen molar-refractivity contribution < 1.29 is 14.3 Å². The van der Waals surface area contributed by atoms with Gasteiger partial charge in [0.1, 0.15) is 11.5 Å². The number of carbonyl (C=O) groups excluding carboxylic acids is 1. The molecule has 1 fully saturated rings. The zero-order valence-corrected chi connectivity index (χ0v) is 12.2. The van der Waals surface area contributed by atoms with Crippen LogP contribution in [-0.2, 0) is 11.2 Å². The molecule has 1 aromatic rings. The van der Waals surface area contributed by atoms with Crippen LogP contribution >= 0.6 is 0 Å². The van der Waals surface area contributed by atoms with Gasteiger partial charge < -0.3 is 14.8 Å². The molecule has 20 heavy (non-hydrogen) atoms. The third kappa shape index (κ3) is 4.67. The van der Waals surface area contributed by atoms with Crippen LogP contribution in [0, 0.1) is 5.92 Å². The van der Waals surface area contributed by atoms with E-state index in [4.69, 9.17) is 9.52 Å². The Labute approximate surface area is 120 Å². The first-order valence-electron chi connectivity index (χ1n) is 7.67. The largest absolute Gasteiger partial charge is 0.466 e. The number of amides is 1. The monoisotopic (exact) mass is 279 g/mol. The molecular weight excluding hydrogens is 254 g/mol. The number of aliphatic hydroxyl groups excluding tert-OH is 1. The highest BCUT2D eigenvalue weighted by atomic mass is 16.3. The number of hydrogen-bond acceptors (Lipinski definition) is 3. The number of aryl methyl sites for hydroxylation is 1. The van der Waals surface area contributed by atoms with Gasteiger partial charge in [-0.1, -0.05) is 6.92 Å². The van der Waals surface area contributed by atoms with Gasteiger partial charge in [0.15, 0.2) is 0 Å². The molecule has 0 spiro atoms. The van der Waals surface area contributed by atoms with Gasteiger partial charge in [0.2, 0.25) is 5.91 Å². The fourth-order valence-electron chi connectivity index (χ4n) is 2.41. The first kappa shape index (κ1) is 15.1. The van der Waals surface area contributed by atoms with E-state index >= 15 is 0 Å². The topological polar surface area (TPSA) is 62.5 Å². The Morgan fingerprint density at radius 2 is 2.20 bits per heavy atom. The van der Waals surface area contributed by atoms with Gasteiger partial charge in [-0.25, -0.2) is 0 Å². The number of rotatable bonds is 9. The van der Waals surface area contributed by atoms with Gasteiger partial charge in [0.05, 0.1) is 0 Å². The molecule has 1 heterocycles. The highest BCUT2D eigenvalue weighted by Crippen LogP contribution is 2.47. The van der Waals surface area contributed by atoms with E-state index < -0.39 is 0 Å². The lowest BCUT2D eigenvalue weighted by Gasteiger charge is -2.04. The highest BCUT2D eigenvalue weighted by Gasteiger charge is 2.36. The zero-order valence-electron chi connectivity index (χ0n) is 12.2. The SMILES string of the molecule is CC1CC1c1ccc(CCC(=O)NCCCCCO)o1. The second-order valence-corrected chi connectivity index (χ2v) is 5.76. The molecule has 2 rings (SSSR count). The predicted molar refractivity (Wildman–Crippen MR) is 77.5 cm³/mol. The van der Waals surface area contributed by atoms with Crippen LogP contribution in [0.4, 0.5) is 0 Å². The van der Waals surface area contributed by atoms with Crippen molar-refractivity contribution >= 4 is 5.91 Å². The minimum absolute atomic E-state index is 0.0757. The molecule has 2 atom stereocenters. The van der Waals surface area contributed by atoms with E-state index in [1.165, 1.54) is 6.42 Å². The quantitative estimate of drug-likeness (QED) is 0.683. The Kier molecular flexibility index (Phi) is 5.65. The van der Waals surface area contributed by atoms with E-state index in [0.29, 0.717) is 25.3 Å². The number of nitrogens with one attached hydrogen (secondary N) is 1. The van der Waals surface area contributed by atoms with Crippen LogP contribution in [0.25, 0.3) is 0 Å². The maximum Gasteiger partial charge on any atom is 0.220 e. The molecule has 0 aromatic carbocycles. The summed E-state index contributed by atoms with van der Waals surface area (Å²) in [4.78, 5) is 11.7. The summed E-state index contributed by atoms with van der Waals surface area (Å²) < 4.78 is 5.78. The third-order valence-electron chi connectivity index (χ3n) is 3.91. The Hall–Kier alpha value is -1.29. The highest BCUT2D eigenvalue weighted by molar-refractivity contribution is 5.76. The molecule has 2 unspecified atom stereocenters. The van der Waals surface area contributed by atoms with Crippen molar-refractivity contribution in [2.24, 2.45) is 5.92 Å². The summed E-state index contributed by atoms with van der Waals surface area (Å²) in [7, 11) is 0. The van der Waals surface area contributed by atoms with Gasteiger partial charge in [0.25, 0.3) is 0 Å². The van der Waals surface area contributed by atoms with E-state index in [0.717, 1.165) is 36.7 Å².